The van der Waals surface area contributed by atoms with Crippen molar-refractivity contribution in [2.45, 2.75) is 64.0 Å². The molecule has 14 nitrogen and oxygen atoms in total. The molecule has 21 heteroatoms. The quantitative estimate of drug-likeness (QED) is 0.0999. The molecule has 368 valence electrons. The normalized spacial score (nSPS) is 18.9. The number of aryl methyl sites for hydroxylation is 1. The monoisotopic (exact) mass is 992 g/mol. The Morgan fingerprint density at radius 1 is 1.03 bits per heavy atom. The van der Waals surface area contributed by atoms with E-state index in [9.17, 15) is 18.7 Å². The molecule has 3 aromatic heterocycles. The highest BCUT2D eigenvalue weighted by Gasteiger charge is 2.73. The molecule has 3 aliphatic rings. The fourth-order valence-corrected chi connectivity index (χ4v) is 9.91. The van der Waals surface area contributed by atoms with Gasteiger partial charge in [0.1, 0.15) is 47.7 Å². The van der Waals surface area contributed by atoms with Gasteiger partial charge >= 0.3 is 18.3 Å². The lowest BCUT2D eigenvalue weighted by atomic mass is 9.98. The molecule has 3 aromatic carbocycles. The number of carboxylic acid groups (broad SMARTS) is 1. The average molecular weight is 993 g/mol. The zero-order valence-electron chi connectivity index (χ0n) is 38.5. The molecule has 9 rings (SSSR count). The minimum Gasteiger partial charge on any atom is -0.497 e. The predicted molar refractivity (Wildman–Crippen MR) is 249 cm³/mol. The first-order valence-corrected chi connectivity index (χ1v) is 22.6. The lowest BCUT2D eigenvalue weighted by Gasteiger charge is -2.30. The van der Waals surface area contributed by atoms with E-state index in [4.69, 9.17) is 35.5 Å². The lowest BCUT2D eigenvalue weighted by molar-refractivity contribution is -0.137. The maximum atomic E-state index is 18.0. The Hall–Kier alpha value is -6.80. The number of hydrogen-bond donors (Lipinski definition) is 2. The van der Waals surface area contributed by atoms with Crippen molar-refractivity contribution >= 4 is 46.1 Å². The number of likely N-dealkylation sites (tertiary alicyclic amines) is 1. The van der Waals surface area contributed by atoms with Crippen LogP contribution in [0.15, 0.2) is 72.9 Å². The summed E-state index contributed by atoms with van der Waals surface area (Å²) in [6.07, 6.45) is -5.21. The standard InChI is InChI=1S/C49H47ClF6N8O6/c1-26-19-34(63(21-28-8-12-31(67-4)13-9-28)22-29-10-14-32(68-5)15-11-29)58-40(37(26)49(54,55)56)35-38(50)42-36-41(39(35)51)59-45(70-23-30-20-47(25-62(30)3)24-48(47,52)53)61-44(36)64(17-18-69-42)27(2)33-7-6-16-57-43(33)60-46(65)66/h6-16,19,27,30H,17-18,20-25H2,1-5H3,(H,57,60)(H,65,66)/t27-,30+,47-/m1/s1. The molecule has 0 radical (unpaired) electrons. The first-order valence-electron chi connectivity index (χ1n) is 22.2. The number of anilines is 3. The smallest absolute Gasteiger partial charge is 0.418 e. The maximum absolute atomic E-state index is 18.0. The molecule has 70 heavy (non-hydrogen) atoms. The molecular weight excluding hydrogens is 946 g/mol. The SMILES string of the molecule is COc1ccc(CN(Cc2ccc(OC)cc2)c2cc(C)c(C(F)(F)F)c(-c3c(Cl)c4c5c(nc(OC[C@@H]6C[C@]7(CN6C)CC7(F)F)nc5c3F)N([C@H](C)c3cccnc3NC(=O)O)CCO4)n2)cc1. The number of ether oxygens (including phenoxy) is 4. The number of halogens is 7. The molecule has 2 N–H and O–H groups in total. The van der Waals surface area contributed by atoms with Gasteiger partial charge in [-0.3, -0.25) is 10.2 Å². The number of methoxy groups -OCH3 is 2. The third kappa shape index (κ3) is 9.09. The molecule has 2 aliphatic heterocycles. The highest BCUT2D eigenvalue weighted by Crippen LogP contribution is 2.66. The molecule has 1 spiro atoms. The van der Waals surface area contributed by atoms with Crippen LogP contribution in [0.25, 0.3) is 22.2 Å². The molecule has 2 fully saturated rings. The Bertz CT molecular complexity index is 2920. The van der Waals surface area contributed by atoms with Crippen LogP contribution < -0.4 is 34.1 Å². The van der Waals surface area contributed by atoms with Gasteiger partial charge in [0.25, 0.3) is 5.92 Å². The van der Waals surface area contributed by atoms with Crippen LogP contribution in [0.2, 0.25) is 5.02 Å². The summed E-state index contributed by atoms with van der Waals surface area (Å²) in [6.45, 7) is 3.05. The van der Waals surface area contributed by atoms with E-state index in [0.29, 0.717) is 17.1 Å². The fraction of sp³-hybridized carbons (Fsp3) is 0.367. The summed E-state index contributed by atoms with van der Waals surface area (Å²) in [5.41, 5.74) is -2.93. The number of alkyl halides is 5. The number of amides is 1. The number of hydrogen-bond acceptors (Lipinski definition) is 12. The van der Waals surface area contributed by atoms with E-state index in [1.807, 2.05) is 24.3 Å². The zero-order valence-corrected chi connectivity index (χ0v) is 39.3. The number of benzene rings is 3. The van der Waals surface area contributed by atoms with Gasteiger partial charge in [-0.05, 0) is 80.4 Å². The maximum Gasteiger partial charge on any atom is 0.418 e. The molecule has 1 saturated carbocycles. The molecule has 5 heterocycles. The van der Waals surface area contributed by atoms with Gasteiger partial charge in [0.05, 0.1) is 59.5 Å². The Morgan fingerprint density at radius 2 is 1.67 bits per heavy atom. The van der Waals surface area contributed by atoms with Crippen LogP contribution >= 0.6 is 11.6 Å². The second kappa shape index (κ2) is 18.5. The zero-order chi connectivity index (χ0) is 49.9. The van der Waals surface area contributed by atoms with Gasteiger partial charge in [-0.15, -0.1) is 0 Å². The first-order chi connectivity index (χ1) is 33.3. The fourth-order valence-electron chi connectivity index (χ4n) is 9.59. The largest absolute Gasteiger partial charge is 0.497 e. The van der Waals surface area contributed by atoms with Gasteiger partial charge in [0, 0.05) is 43.9 Å². The Balaban J connectivity index is 1.22. The van der Waals surface area contributed by atoms with Gasteiger partial charge in [-0.1, -0.05) is 41.9 Å². The third-order valence-corrected chi connectivity index (χ3v) is 13.7. The number of nitrogens with one attached hydrogen (secondary N) is 1. The van der Waals surface area contributed by atoms with Gasteiger partial charge in [0.15, 0.2) is 11.6 Å². The van der Waals surface area contributed by atoms with Crippen LogP contribution in [-0.4, -0.2) is 95.6 Å². The Labute approximate surface area is 403 Å². The van der Waals surface area contributed by atoms with Gasteiger partial charge in [-0.2, -0.15) is 23.1 Å². The van der Waals surface area contributed by atoms with Crippen LogP contribution in [-0.2, 0) is 19.3 Å². The summed E-state index contributed by atoms with van der Waals surface area (Å²) in [4.78, 5) is 35.0. The summed E-state index contributed by atoms with van der Waals surface area (Å²) in [5, 5.41) is 11.3. The number of rotatable bonds is 14. The van der Waals surface area contributed by atoms with Crippen molar-refractivity contribution in [3.8, 4) is 34.5 Å². The number of aromatic nitrogens is 4. The number of likely N-dealkylation sites (N-methyl/N-ethyl adjacent to an activating group) is 1. The van der Waals surface area contributed by atoms with Gasteiger partial charge < -0.3 is 33.9 Å². The summed E-state index contributed by atoms with van der Waals surface area (Å²) < 4.78 is 117. The summed E-state index contributed by atoms with van der Waals surface area (Å²) in [7, 11) is 4.75. The number of nitrogens with zero attached hydrogens (tertiary/aromatic N) is 7. The second-order valence-corrected chi connectivity index (χ2v) is 18.2. The predicted octanol–water partition coefficient (Wildman–Crippen LogP) is 10.6. The first kappa shape index (κ1) is 48.2. The summed E-state index contributed by atoms with van der Waals surface area (Å²) in [6, 6.07) is 17.1. The van der Waals surface area contributed by atoms with Crippen LogP contribution in [0.5, 0.6) is 23.3 Å². The third-order valence-electron chi connectivity index (χ3n) is 13.3. The van der Waals surface area contributed by atoms with E-state index < -0.39 is 74.9 Å². The minimum absolute atomic E-state index is 0.00154. The van der Waals surface area contributed by atoms with Crippen molar-refractivity contribution in [2.75, 3.05) is 62.7 Å². The van der Waals surface area contributed by atoms with Crippen molar-refractivity contribution in [3.63, 3.8) is 0 Å². The highest BCUT2D eigenvalue weighted by atomic mass is 35.5. The Morgan fingerprint density at radius 3 is 2.24 bits per heavy atom. The van der Waals surface area contributed by atoms with Crippen molar-refractivity contribution < 1.29 is 55.2 Å². The van der Waals surface area contributed by atoms with Crippen LogP contribution in [0.3, 0.4) is 0 Å². The van der Waals surface area contributed by atoms with Crippen molar-refractivity contribution in [1.82, 2.24) is 24.8 Å². The van der Waals surface area contributed by atoms with E-state index in [1.54, 1.807) is 65.1 Å². The second-order valence-electron chi connectivity index (χ2n) is 17.8. The average Bonchev–Trinajstić information content (AvgIpc) is 3.78. The number of carbonyl (C=O) groups is 1. The van der Waals surface area contributed by atoms with Gasteiger partial charge in [0.2, 0.25) is 0 Å². The topological polar surface area (TPSA) is 148 Å². The van der Waals surface area contributed by atoms with Crippen molar-refractivity contribution in [3.05, 3.63) is 112 Å². The molecule has 1 aliphatic carbocycles. The molecule has 1 saturated heterocycles. The van der Waals surface area contributed by atoms with E-state index in [1.165, 1.54) is 33.4 Å². The van der Waals surface area contributed by atoms with E-state index in [0.717, 1.165) is 11.1 Å². The van der Waals surface area contributed by atoms with Crippen molar-refractivity contribution in [1.29, 1.82) is 0 Å². The summed E-state index contributed by atoms with van der Waals surface area (Å²) >= 11 is 7.15. The molecule has 0 unspecified atom stereocenters. The molecule has 6 aromatic rings. The van der Waals surface area contributed by atoms with E-state index in [-0.39, 0.29) is 86.4 Å². The highest BCUT2D eigenvalue weighted by molar-refractivity contribution is 6.36. The van der Waals surface area contributed by atoms with E-state index in [2.05, 4.69) is 20.3 Å². The molecule has 3 atom stereocenters. The minimum atomic E-state index is -5.08. The molecular formula is C49H47ClF6N8O6. The lowest BCUT2D eigenvalue weighted by Crippen LogP contribution is -2.32. The van der Waals surface area contributed by atoms with Gasteiger partial charge in [-0.25, -0.2) is 27.9 Å². The molecule has 0 bridgehead atoms. The van der Waals surface area contributed by atoms with Crippen LogP contribution in [0.4, 0.5) is 48.6 Å². The van der Waals surface area contributed by atoms with Crippen LogP contribution in [0.1, 0.15) is 53.6 Å². The van der Waals surface area contributed by atoms with Crippen LogP contribution in [0, 0.1) is 18.2 Å². The summed E-state index contributed by atoms with van der Waals surface area (Å²) in [5.74, 6) is -3.13. The molecule has 1 amide bonds. The Kier molecular flexibility index (Phi) is 12.8. The van der Waals surface area contributed by atoms with E-state index >= 15 is 17.6 Å². The number of pyridine rings is 2. The van der Waals surface area contributed by atoms with Crippen molar-refractivity contribution in [2.24, 2.45) is 5.41 Å².